The SMILES string of the molecule is O=C(c1ccc(-c2cc(=NC3CC3)n3nc/c(=C/c4[nH]c(=O)[nH]c4O)c3n2)s1)N1CCCC1. The van der Waals surface area contributed by atoms with Gasteiger partial charge < -0.3 is 15.0 Å². The van der Waals surface area contributed by atoms with Crippen molar-refractivity contribution in [1.29, 1.82) is 0 Å². The number of hydrogen-bond acceptors (Lipinski definition) is 7. The number of fused-ring (bicyclic) bond motifs is 1. The standard InChI is InChI=1S/C22H21N7O3S/c30-20-15(26-22(32)27-20)9-12-11-23-29-18(24-13-3-4-13)10-14(25-19(12)29)16-5-6-17(33-16)21(31)28-7-1-2-8-28/h5-6,9-11,13,30H,1-4,7-8H2,(H2,26,27,32)/b12-9-,24-18?. The molecular formula is C22H21N7O3S. The fraction of sp³-hybridized carbons (Fsp3) is 0.318. The zero-order chi connectivity index (χ0) is 22.5. The maximum Gasteiger partial charge on any atom is 0.326 e. The Morgan fingerprint density at radius 3 is 2.79 bits per heavy atom. The van der Waals surface area contributed by atoms with Gasteiger partial charge in [0.25, 0.3) is 5.91 Å². The molecule has 1 saturated carbocycles. The van der Waals surface area contributed by atoms with Crippen LogP contribution in [-0.4, -0.2) is 59.6 Å². The molecule has 4 aromatic heterocycles. The van der Waals surface area contributed by atoms with E-state index < -0.39 is 5.69 Å². The molecule has 2 fully saturated rings. The number of rotatable bonds is 4. The number of H-pyrrole nitrogens is 2. The van der Waals surface area contributed by atoms with Crippen molar-refractivity contribution < 1.29 is 9.90 Å². The van der Waals surface area contributed by atoms with Crippen LogP contribution in [0.4, 0.5) is 0 Å². The van der Waals surface area contributed by atoms with Crippen molar-refractivity contribution in [1.82, 2.24) is 29.5 Å². The Balaban J connectivity index is 1.48. The van der Waals surface area contributed by atoms with Crippen LogP contribution in [0.1, 0.15) is 41.0 Å². The molecule has 0 bridgehead atoms. The lowest BCUT2D eigenvalue weighted by Gasteiger charge is -2.13. The number of nitrogens with one attached hydrogen (secondary N) is 2. The smallest absolute Gasteiger partial charge is 0.326 e. The van der Waals surface area contributed by atoms with Crippen LogP contribution in [0.3, 0.4) is 0 Å². The van der Waals surface area contributed by atoms with Crippen LogP contribution in [-0.2, 0) is 0 Å². The first-order chi connectivity index (χ1) is 16.0. The van der Waals surface area contributed by atoms with E-state index in [0.29, 0.717) is 26.9 Å². The molecule has 1 amide bonds. The predicted octanol–water partition coefficient (Wildman–Crippen LogP) is 1.03. The molecule has 0 radical (unpaired) electrons. The van der Waals surface area contributed by atoms with Gasteiger partial charge in [0.2, 0.25) is 5.88 Å². The summed E-state index contributed by atoms with van der Waals surface area (Å²) in [6.07, 6.45) is 7.44. The molecule has 1 aliphatic carbocycles. The molecule has 2 aliphatic rings. The summed E-state index contributed by atoms with van der Waals surface area (Å²) in [5, 5.41) is 15.0. The van der Waals surface area contributed by atoms with Crippen molar-refractivity contribution in [3.05, 3.63) is 56.2 Å². The highest BCUT2D eigenvalue weighted by Crippen LogP contribution is 2.28. The zero-order valence-corrected chi connectivity index (χ0v) is 18.4. The fourth-order valence-electron chi connectivity index (χ4n) is 3.99. The molecule has 3 N–H and O–H groups in total. The van der Waals surface area contributed by atoms with E-state index in [9.17, 15) is 14.7 Å². The quantitative estimate of drug-likeness (QED) is 0.416. The Morgan fingerprint density at radius 1 is 1.24 bits per heavy atom. The van der Waals surface area contributed by atoms with Crippen LogP contribution >= 0.6 is 11.3 Å². The summed E-state index contributed by atoms with van der Waals surface area (Å²) in [4.78, 5) is 42.2. The van der Waals surface area contributed by atoms with Crippen molar-refractivity contribution >= 4 is 29.0 Å². The molecule has 11 heteroatoms. The summed E-state index contributed by atoms with van der Waals surface area (Å²) >= 11 is 1.42. The first-order valence-electron chi connectivity index (χ1n) is 10.9. The number of carbonyl (C=O) groups excluding carboxylic acids is 1. The molecule has 1 saturated heterocycles. The molecule has 0 spiro atoms. The molecule has 1 aliphatic heterocycles. The topological polar surface area (TPSA) is 132 Å². The van der Waals surface area contributed by atoms with E-state index in [1.165, 1.54) is 11.3 Å². The molecule has 10 nitrogen and oxygen atoms in total. The van der Waals surface area contributed by atoms with Gasteiger partial charge in [0, 0.05) is 24.4 Å². The van der Waals surface area contributed by atoms with E-state index in [1.54, 1.807) is 16.8 Å². The van der Waals surface area contributed by atoms with Gasteiger partial charge in [0.05, 0.1) is 27.7 Å². The van der Waals surface area contributed by atoms with Gasteiger partial charge in [-0.05, 0) is 43.9 Å². The van der Waals surface area contributed by atoms with E-state index in [4.69, 9.17) is 9.98 Å². The Kier molecular flexibility index (Phi) is 4.64. The fourth-order valence-corrected chi connectivity index (χ4v) is 4.92. The van der Waals surface area contributed by atoms with Crippen molar-refractivity contribution in [2.45, 2.75) is 31.7 Å². The van der Waals surface area contributed by atoms with Crippen molar-refractivity contribution in [2.75, 3.05) is 13.1 Å². The number of likely N-dealkylation sites (tertiary alicyclic amines) is 1. The lowest BCUT2D eigenvalue weighted by atomic mass is 10.3. The average molecular weight is 464 g/mol. The van der Waals surface area contributed by atoms with E-state index in [0.717, 1.165) is 43.6 Å². The molecule has 168 valence electrons. The highest BCUT2D eigenvalue weighted by Gasteiger charge is 2.23. The van der Waals surface area contributed by atoms with E-state index >= 15 is 0 Å². The molecule has 0 atom stereocenters. The summed E-state index contributed by atoms with van der Waals surface area (Å²) in [5.41, 5.74) is 1.69. The molecule has 0 aromatic carbocycles. The number of aromatic hydroxyl groups is 1. The van der Waals surface area contributed by atoms with Crippen LogP contribution in [0, 0.1) is 0 Å². The van der Waals surface area contributed by atoms with Gasteiger partial charge in [-0.3, -0.25) is 14.8 Å². The second-order valence-electron chi connectivity index (χ2n) is 8.34. The van der Waals surface area contributed by atoms with Gasteiger partial charge in [-0.1, -0.05) is 0 Å². The van der Waals surface area contributed by atoms with Crippen LogP contribution in [0.2, 0.25) is 0 Å². The third-order valence-electron chi connectivity index (χ3n) is 5.84. The third kappa shape index (κ3) is 3.74. The van der Waals surface area contributed by atoms with Crippen LogP contribution in [0.15, 0.2) is 34.2 Å². The molecule has 0 unspecified atom stereocenters. The number of imidazole rings is 1. The predicted molar refractivity (Wildman–Crippen MR) is 122 cm³/mol. The Hall–Kier alpha value is -3.73. The zero-order valence-electron chi connectivity index (χ0n) is 17.6. The lowest BCUT2D eigenvalue weighted by molar-refractivity contribution is 0.0797. The Bertz CT molecular complexity index is 1550. The van der Waals surface area contributed by atoms with Crippen molar-refractivity contribution in [2.24, 2.45) is 4.99 Å². The van der Waals surface area contributed by atoms with E-state index in [2.05, 4.69) is 15.1 Å². The molecule has 4 aromatic rings. The van der Waals surface area contributed by atoms with Crippen LogP contribution in [0.25, 0.3) is 22.3 Å². The average Bonchev–Trinajstić information content (AvgIpc) is 3.25. The van der Waals surface area contributed by atoms with E-state index in [-0.39, 0.29) is 23.5 Å². The summed E-state index contributed by atoms with van der Waals surface area (Å²) in [5.74, 6) is -0.181. The number of amides is 1. The Labute approximate surface area is 190 Å². The normalized spacial score (nSPS) is 17.5. The minimum absolute atomic E-state index is 0.0676. The Morgan fingerprint density at radius 2 is 2.06 bits per heavy atom. The molecule has 6 rings (SSSR count). The van der Waals surface area contributed by atoms with Crippen LogP contribution in [0.5, 0.6) is 5.88 Å². The molecule has 5 heterocycles. The minimum Gasteiger partial charge on any atom is -0.493 e. The number of carbonyl (C=O) groups is 1. The number of aromatic nitrogens is 5. The van der Waals surface area contributed by atoms with Crippen molar-refractivity contribution in [3.8, 4) is 16.5 Å². The van der Waals surface area contributed by atoms with Gasteiger partial charge in [-0.25, -0.2) is 9.78 Å². The van der Waals surface area contributed by atoms with Gasteiger partial charge in [0.1, 0.15) is 5.69 Å². The summed E-state index contributed by atoms with van der Waals surface area (Å²) in [6, 6.07) is 5.95. The van der Waals surface area contributed by atoms with Gasteiger partial charge in [0.15, 0.2) is 11.1 Å². The monoisotopic (exact) mass is 463 g/mol. The first-order valence-corrected chi connectivity index (χ1v) is 11.7. The maximum atomic E-state index is 12.8. The molecule has 33 heavy (non-hydrogen) atoms. The van der Waals surface area contributed by atoms with Gasteiger partial charge >= 0.3 is 5.69 Å². The first kappa shape index (κ1) is 19.9. The lowest BCUT2D eigenvalue weighted by Crippen LogP contribution is -2.26. The van der Waals surface area contributed by atoms with Crippen molar-refractivity contribution in [3.63, 3.8) is 0 Å². The number of thiophene rings is 1. The minimum atomic E-state index is -0.498. The summed E-state index contributed by atoms with van der Waals surface area (Å²) < 4.78 is 1.67. The second-order valence-corrected chi connectivity index (χ2v) is 9.43. The third-order valence-corrected chi connectivity index (χ3v) is 6.94. The van der Waals surface area contributed by atoms with Crippen LogP contribution < -0.4 is 16.4 Å². The second kappa shape index (κ2) is 7.69. The maximum absolute atomic E-state index is 12.8. The van der Waals surface area contributed by atoms with Gasteiger partial charge in [-0.15, -0.1) is 11.3 Å². The number of hydrogen-bond donors (Lipinski definition) is 3. The largest absolute Gasteiger partial charge is 0.493 e. The molecular weight excluding hydrogens is 442 g/mol. The number of nitrogens with zero attached hydrogens (tertiary/aromatic N) is 5. The summed E-state index contributed by atoms with van der Waals surface area (Å²) in [6.45, 7) is 1.62. The highest BCUT2D eigenvalue weighted by atomic mass is 32.1. The van der Waals surface area contributed by atoms with Gasteiger partial charge in [-0.2, -0.15) is 9.61 Å². The highest BCUT2D eigenvalue weighted by molar-refractivity contribution is 7.17. The van der Waals surface area contributed by atoms with E-state index in [1.807, 2.05) is 23.1 Å². The summed E-state index contributed by atoms with van der Waals surface area (Å²) in [7, 11) is 0. The number of aromatic amines is 2.